The molecular formula is C23H43NaO4. The molecule has 0 bridgehead atoms. The Morgan fingerprint density at radius 1 is 0.714 bits per heavy atom. The maximum atomic E-state index is 11.8. The van der Waals surface area contributed by atoms with E-state index in [0.717, 1.165) is 38.5 Å². The summed E-state index contributed by atoms with van der Waals surface area (Å²) in [4.78, 5) is 22.4. The number of esters is 1. The molecule has 160 valence electrons. The van der Waals surface area contributed by atoms with Gasteiger partial charge in [-0.2, -0.15) is 0 Å². The van der Waals surface area contributed by atoms with Crippen molar-refractivity contribution in [2.24, 2.45) is 0 Å². The Morgan fingerprint density at radius 2 is 1.07 bits per heavy atom. The predicted octanol–water partition coefficient (Wildman–Crippen LogP) is 2.71. The number of carbonyl (C=O) groups is 2. The molecule has 0 aliphatic heterocycles. The van der Waals surface area contributed by atoms with Crippen LogP contribution in [0.15, 0.2) is 0 Å². The summed E-state index contributed by atoms with van der Waals surface area (Å²) in [6.45, 7) is 6.37. The number of ether oxygens (including phenoxy) is 1. The fourth-order valence-electron chi connectivity index (χ4n) is 3.57. The van der Waals surface area contributed by atoms with E-state index in [1.54, 1.807) is 0 Å². The second-order valence-corrected chi connectivity index (χ2v) is 8.22. The number of aliphatic carboxylic acids is 1. The second kappa shape index (κ2) is 20.2. The molecule has 5 heteroatoms. The Bertz CT molecular complexity index is 387. The van der Waals surface area contributed by atoms with Crippen LogP contribution in [0.3, 0.4) is 0 Å². The molecule has 0 N–H and O–H groups in total. The van der Waals surface area contributed by atoms with Gasteiger partial charge in [-0.05, 0) is 32.6 Å². The topological polar surface area (TPSA) is 66.4 Å². The van der Waals surface area contributed by atoms with Crippen LogP contribution in [0.2, 0.25) is 0 Å². The summed E-state index contributed by atoms with van der Waals surface area (Å²) in [6, 6.07) is 0. The summed E-state index contributed by atoms with van der Waals surface area (Å²) in [5.74, 6) is -2.03. The van der Waals surface area contributed by atoms with E-state index in [1.165, 1.54) is 64.2 Å². The van der Waals surface area contributed by atoms with E-state index in [-0.39, 0.29) is 29.6 Å². The SMILES string of the molecule is CCCCCCCCCCCCC(C)(CCCCCC)OC(=O)CC(=O)[O-].[Na+]. The van der Waals surface area contributed by atoms with E-state index in [1.807, 2.05) is 6.92 Å². The van der Waals surface area contributed by atoms with Gasteiger partial charge in [0.2, 0.25) is 0 Å². The average Bonchev–Trinajstić information content (AvgIpc) is 2.59. The van der Waals surface area contributed by atoms with Gasteiger partial charge in [0, 0.05) is 0 Å². The molecule has 1 unspecified atom stereocenters. The van der Waals surface area contributed by atoms with Crippen LogP contribution in [0.25, 0.3) is 0 Å². The van der Waals surface area contributed by atoms with Crippen molar-refractivity contribution in [3.63, 3.8) is 0 Å². The summed E-state index contributed by atoms with van der Waals surface area (Å²) in [5.41, 5.74) is -0.541. The standard InChI is InChI=1S/C23H44O4.Na/c1-4-6-8-10-11-12-13-14-15-17-19-23(3,18-16-9-7-5-2)27-22(26)20-21(24)25;/h4-20H2,1-3H3,(H,24,25);/q;+1/p-1. The van der Waals surface area contributed by atoms with Gasteiger partial charge in [-0.1, -0.05) is 90.9 Å². The number of carboxylic acid groups (broad SMARTS) is 1. The van der Waals surface area contributed by atoms with Crippen LogP contribution in [0.1, 0.15) is 130 Å². The predicted molar refractivity (Wildman–Crippen MR) is 109 cm³/mol. The van der Waals surface area contributed by atoms with E-state index < -0.39 is 24.0 Å². The molecular weight excluding hydrogens is 363 g/mol. The molecule has 0 amide bonds. The van der Waals surface area contributed by atoms with Crippen LogP contribution in [-0.4, -0.2) is 17.5 Å². The Labute approximate surface area is 195 Å². The first-order valence-corrected chi connectivity index (χ1v) is 11.3. The Hall–Kier alpha value is -0.0600. The zero-order chi connectivity index (χ0) is 20.4. The maximum absolute atomic E-state index is 11.8. The number of carbonyl (C=O) groups excluding carboxylic acids is 2. The van der Waals surface area contributed by atoms with Gasteiger partial charge in [-0.3, -0.25) is 4.79 Å². The number of rotatable bonds is 19. The summed E-state index contributed by atoms with van der Waals surface area (Å²) < 4.78 is 5.55. The first kappa shape index (κ1) is 30.1. The zero-order valence-electron chi connectivity index (χ0n) is 19.2. The fraction of sp³-hybridized carbons (Fsp3) is 0.913. The van der Waals surface area contributed by atoms with Gasteiger partial charge in [0.15, 0.2) is 0 Å². The van der Waals surface area contributed by atoms with E-state index >= 15 is 0 Å². The van der Waals surface area contributed by atoms with Gasteiger partial charge in [0.1, 0.15) is 5.60 Å². The van der Waals surface area contributed by atoms with E-state index in [0.29, 0.717) is 0 Å². The number of unbranched alkanes of at least 4 members (excludes halogenated alkanes) is 12. The Balaban J connectivity index is 0. The van der Waals surface area contributed by atoms with E-state index in [9.17, 15) is 14.7 Å². The largest absolute Gasteiger partial charge is 1.00 e. The molecule has 0 radical (unpaired) electrons. The smallest absolute Gasteiger partial charge is 0.550 e. The number of hydrogen-bond donors (Lipinski definition) is 0. The summed E-state index contributed by atoms with van der Waals surface area (Å²) >= 11 is 0. The molecule has 0 saturated carbocycles. The normalized spacial score (nSPS) is 12.8. The minimum Gasteiger partial charge on any atom is -0.550 e. The van der Waals surface area contributed by atoms with Crippen LogP contribution < -0.4 is 34.7 Å². The van der Waals surface area contributed by atoms with Gasteiger partial charge in [-0.15, -0.1) is 0 Å². The molecule has 0 aromatic heterocycles. The zero-order valence-corrected chi connectivity index (χ0v) is 21.2. The van der Waals surface area contributed by atoms with Crippen molar-refractivity contribution in [2.75, 3.05) is 0 Å². The van der Waals surface area contributed by atoms with Crippen LogP contribution >= 0.6 is 0 Å². The minimum absolute atomic E-state index is 0. The Morgan fingerprint density at radius 3 is 1.46 bits per heavy atom. The number of hydrogen-bond acceptors (Lipinski definition) is 4. The summed E-state index contributed by atoms with van der Waals surface area (Å²) in [7, 11) is 0. The Kier molecular flexibility index (Phi) is 21.8. The second-order valence-electron chi connectivity index (χ2n) is 8.22. The molecule has 0 aromatic rings. The van der Waals surface area contributed by atoms with Crippen molar-refractivity contribution in [3.05, 3.63) is 0 Å². The summed E-state index contributed by atoms with van der Waals surface area (Å²) in [5, 5.41) is 10.6. The molecule has 0 saturated heterocycles. The monoisotopic (exact) mass is 406 g/mol. The fourth-order valence-corrected chi connectivity index (χ4v) is 3.57. The number of carboxylic acids is 1. The molecule has 0 fully saturated rings. The van der Waals surface area contributed by atoms with Gasteiger partial charge in [0.05, 0.1) is 12.4 Å². The molecule has 28 heavy (non-hydrogen) atoms. The molecule has 0 aromatic carbocycles. The molecule has 4 nitrogen and oxygen atoms in total. The quantitative estimate of drug-likeness (QED) is 0.143. The molecule has 0 aliphatic carbocycles. The van der Waals surface area contributed by atoms with E-state index in [4.69, 9.17) is 4.74 Å². The summed E-state index contributed by atoms with van der Waals surface area (Å²) in [6.07, 6.45) is 18.2. The molecule has 1 atom stereocenters. The van der Waals surface area contributed by atoms with Crippen molar-refractivity contribution in [1.29, 1.82) is 0 Å². The van der Waals surface area contributed by atoms with Crippen LogP contribution in [0.4, 0.5) is 0 Å². The molecule has 0 rings (SSSR count). The van der Waals surface area contributed by atoms with Crippen molar-refractivity contribution in [1.82, 2.24) is 0 Å². The first-order valence-electron chi connectivity index (χ1n) is 11.3. The van der Waals surface area contributed by atoms with Crippen LogP contribution in [0, 0.1) is 0 Å². The van der Waals surface area contributed by atoms with Crippen molar-refractivity contribution >= 4 is 11.9 Å². The van der Waals surface area contributed by atoms with Crippen molar-refractivity contribution in [3.8, 4) is 0 Å². The molecule has 0 spiro atoms. The van der Waals surface area contributed by atoms with Crippen LogP contribution in [0.5, 0.6) is 0 Å². The third-order valence-corrected chi connectivity index (χ3v) is 5.27. The van der Waals surface area contributed by atoms with Crippen molar-refractivity contribution < 1.29 is 49.0 Å². The van der Waals surface area contributed by atoms with Gasteiger partial charge >= 0.3 is 35.5 Å². The third kappa shape index (κ3) is 19.3. The van der Waals surface area contributed by atoms with Crippen molar-refractivity contribution in [2.45, 2.75) is 136 Å². The first-order chi connectivity index (χ1) is 12.9. The van der Waals surface area contributed by atoms with Gasteiger partial charge in [-0.25, -0.2) is 0 Å². The van der Waals surface area contributed by atoms with Gasteiger partial charge < -0.3 is 14.6 Å². The van der Waals surface area contributed by atoms with Crippen LogP contribution in [-0.2, 0) is 14.3 Å². The average molecular weight is 407 g/mol. The molecule has 0 heterocycles. The third-order valence-electron chi connectivity index (χ3n) is 5.27. The van der Waals surface area contributed by atoms with E-state index in [2.05, 4.69) is 13.8 Å². The molecule has 0 aliphatic rings. The minimum atomic E-state index is -1.37. The maximum Gasteiger partial charge on any atom is 1.00 e. The van der Waals surface area contributed by atoms with Gasteiger partial charge in [0.25, 0.3) is 0 Å².